The van der Waals surface area contributed by atoms with E-state index in [0.29, 0.717) is 5.82 Å². The first-order valence-electron chi connectivity index (χ1n) is 4.74. The van der Waals surface area contributed by atoms with E-state index in [1.165, 1.54) is 0 Å². The molecule has 0 aromatic carbocycles. The van der Waals surface area contributed by atoms with Gasteiger partial charge in [0.05, 0.1) is 0 Å². The summed E-state index contributed by atoms with van der Waals surface area (Å²) in [4.78, 5) is 6.26. The molecule has 0 radical (unpaired) electrons. The molecule has 0 aliphatic carbocycles. The maximum Gasteiger partial charge on any atom is 0.125 e. The number of nitrogens with zero attached hydrogens (tertiary/aromatic N) is 2. The fourth-order valence-corrected chi connectivity index (χ4v) is 1.37. The Hall–Kier alpha value is -1.25. The molecule has 3 heteroatoms. The molecule has 72 valence electrons. The van der Waals surface area contributed by atoms with Crippen LogP contribution in [0.1, 0.15) is 20.3 Å². The number of anilines is 2. The van der Waals surface area contributed by atoms with Crippen molar-refractivity contribution in [2.45, 2.75) is 20.3 Å². The molecule has 0 saturated carbocycles. The molecule has 1 aromatic rings. The monoisotopic (exact) mass is 179 g/mol. The quantitative estimate of drug-likeness (QED) is 0.767. The van der Waals surface area contributed by atoms with E-state index in [9.17, 15) is 0 Å². The molecule has 0 atom stereocenters. The van der Waals surface area contributed by atoms with Gasteiger partial charge in [-0.1, -0.05) is 6.92 Å². The molecular weight excluding hydrogens is 162 g/mol. The van der Waals surface area contributed by atoms with Crippen LogP contribution in [0.5, 0.6) is 0 Å². The van der Waals surface area contributed by atoms with Crippen LogP contribution in [0, 0.1) is 0 Å². The number of aromatic nitrogens is 1. The minimum Gasteiger partial charge on any atom is -0.384 e. The summed E-state index contributed by atoms with van der Waals surface area (Å²) in [6.45, 7) is 6.40. The average Bonchev–Trinajstić information content (AvgIpc) is 2.14. The Morgan fingerprint density at radius 2 is 2.23 bits per heavy atom. The maximum absolute atomic E-state index is 5.61. The van der Waals surface area contributed by atoms with Crippen molar-refractivity contribution in [3.05, 3.63) is 18.3 Å². The van der Waals surface area contributed by atoms with Gasteiger partial charge in [-0.25, -0.2) is 4.98 Å². The zero-order chi connectivity index (χ0) is 9.68. The van der Waals surface area contributed by atoms with Gasteiger partial charge in [0.25, 0.3) is 0 Å². The number of pyridine rings is 1. The van der Waals surface area contributed by atoms with Crippen molar-refractivity contribution in [2.75, 3.05) is 23.7 Å². The van der Waals surface area contributed by atoms with Gasteiger partial charge in [-0.05, 0) is 19.4 Å². The van der Waals surface area contributed by atoms with Gasteiger partial charge in [-0.15, -0.1) is 0 Å². The summed E-state index contributed by atoms with van der Waals surface area (Å²) in [6, 6.07) is 3.91. The molecule has 3 nitrogen and oxygen atoms in total. The number of nitrogens with two attached hydrogens (primary N) is 1. The lowest BCUT2D eigenvalue weighted by atomic mass is 10.3. The fraction of sp³-hybridized carbons (Fsp3) is 0.500. The molecule has 1 heterocycles. The highest BCUT2D eigenvalue weighted by Gasteiger charge is 2.02. The van der Waals surface area contributed by atoms with E-state index in [0.717, 1.165) is 25.2 Å². The van der Waals surface area contributed by atoms with Crippen molar-refractivity contribution >= 4 is 11.5 Å². The molecule has 0 amide bonds. The zero-order valence-electron chi connectivity index (χ0n) is 8.33. The molecule has 0 spiro atoms. The average molecular weight is 179 g/mol. The van der Waals surface area contributed by atoms with E-state index in [4.69, 9.17) is 5.73 Å². The summed E-state index contributed by atoms with van der Waals surface area (Å²) in [7, 11) is 0. The van der Waals surface area contributed by atoms with Crippen LogP contribution in [0.4, 0.5) is 11.5 Å². The van der Waals surface area contributed by atoms with Crippen LogP contribution in [-0.4, -0.2) is 18.1 Å². The molecule has 13 heavy (non-hydrogen) atoms. The Bertz CT molecular complexity index is 260. The van der Waals surface area contributed by atoms with E-state index in [-0.39, 0.29) is 0 Å². The normalized spacial score (nSPS) is 10.0. The summed E-state index contributed by atoms with van der Waals surface area (Å²) in [5, 5.41) is 0. The van der Waals surface area contributed by atoms with Gasteiger partial charge in [-0.3, -0.25) is 0 Å². The molecule has 0 aliphatic heterocycles. The van der Waals surface area contributed by atoms with E-state index in [1.54, 1.807) is 6.20 Å². The van der Waals surface area contributed by atoms with Crippen molar-refractivity contribution in [2.24, 2.45) is 0 Å². The molecule has 0 bridgehead atoms. The maximum atomic E-state index is 5.61. The molecule has 0 unspecified atom stereocenters. The molecule has 1 rings (SSSR count). The summed E-state index contributed by atoms with van der Waals surface area (Å²) in [6.07, 6.45) is 2.90. The molecule has 0 saturated heterocycles. The summed E-state index contributed by atoms with van der Waals surface area (Å²) >= 11 is 0. The second-order valence-electron chi connectivity index (χ2n) is 3.02. The topological polar surface area (TPSA) is 42.2 Å². The van der Waals surface area contributed by atoms with Crippen molar-refractivity contribution in [1.82, 2.24) is 4.98 Å². The van der Waals surface area contributed by atoms with Gasteiger partial charge in [0.1, 0.15) is 5.82 Å². The van der Waals surface area contributed by atoms with Gasteiger partial charge in [-0.2, -0.15) is 0 Å². The number of nitrogen functional groups attached to an aromatic ring is 1. The molecule has 0 aliphatic rings. The van der Waals surface area contributed by atoms with Crippen LogP contribution in [0.15, 0.2) is 18.3 Å². The Balaban J connectivity index is 2.78. The van der Waals surface area contributed by atoms with Crippen molar-refractivity contribution in [3.8, 4) is 0 Å². The van der Waals surface area contributed by atoms with Crippen molar-refractivity contribution in [3.63, 3.8) is 0 Å². The first-order chi connectivity index (χ1) is 6.27. The smallest absolute Gasteiger partial charge is 0.125 e. The number of hydrogen-bond acceptors (Lipinski definition) is 3. The SMILES string of the molecule is CCCN(CC)c1ccnc(N)c1. The van der Waals surface area contributed by atoms with Gasteiger partial charge in [0, 0.05) is 31.0 Å². The van der Waals surface area contributed by atoms with Gasteiger partial charge < -0.3 is 10.6 Å². The molecular formula is C10H17N3. The van der Waals surface area contributed by atoms with Gasteiger partial charge >= 0.3 is 0 Å². The van der Waals surface area contributed by atoms with Crippen LogP contribution in [0.2, 0.25) is 0 Å². The minimum atomic E-state index is 0.590. The predicted molar refractivity (Wildman–Crippen MR) is 56.8 cm³/mol. The summed E-state index contributed by atoms with van der Waals surface area (Å²) in [5.74, 6) is 0.590. The van der Waals surface area contributed by atoms with Crippen molar-refractivity contribution < 1.29 is 0 Å². The number of hydrogen-bond donors (Lipinski definition) is 1. The Labute approximate surface area is 79.6 Å². The highest BCUT2D eigenvalue weighted by Crippen LogP contribution is 2.15. The van der Waals surface area contributed by atoms with E-state index in [1.807, 2.05) is 12.1 Å². The second kappa shape index (κ2) is 4.70. The third-order valence-electron chi connectivity index (χ3n) is 2.01. The Morgan fingerprint density at radius 1 is 1.46 bits per heavy atom. The lowest BCUT2D eigenvalue weighted by Gasteiger charge is -2.22. The first kappa shape index (κ1) is 9.84. The van der Waals surface area contributed by atoms with Gasteiger partial charge in [0.2, 0.25) is 0 Å². The van der Waals surface area contributed by atoms with Crippen LogP contribution in [-0.2, 0) is 0 Å². The molecule has 2 N–H and O–H groups in total. The highest BCUT2D eigenvalue weighted by atomic mass is 15.1. The highest BCUT2D eigenvalue weighted by molar-refractivity contribution is 5.51. The van der Waals surface area contributed by atoms with Crippen LogP contribution in [0.3, 0.4) is 0 Å². The number of rotatable bonds is 4. The molecule has 0 fully saturated rings. The summed E-state index contributed by atoms with van der Waals surface area (Å²) in [5.41, 5.74) is 6.77. The zero-order valence-corrected chi connectivity index (χ0v) is 8.33. The third-order valence-corrected chi connectivity index (χ3v) is 2.01. The molecule has 1 aromatic heterocycles. The Kier molecular flexibility index (Phi) is 3.55. The van der Waals surface area contributed by atoms with E-state index < -0.39 is 0 Å². The largest absolute Gasteiger partial charge is 0.384 e. The van der Waals surface area contributed by atoms with Crippen LogP contribution in [0.25, 0.3) is 0 Å². The Morgan fingerprint density at radius 3 is 2.77 bits per heavy atom. The summed E-state index contributed by atoms with van der Waals surface area (Å²) < 4.78 is 0. The van der Waals surface area contributed by atoms with E-state index in [2.05, 4.69) is 23.7 Å². The lowest BCUT2D eigenvalue weighted by molar-refractivity contribution is 0.791. The standard InChI is InChI=1S/C10H17N3/c1-3-7-13(4-2)9-5-6-12-10(11)8-9/h5-6,8H,3-4,7H2,1-2H3,(H2,11,12). The first-order valence-corrected chi connectivity index (χ1v) is 4.74. The third kappa shape index (κ3) is 2.61. The van der Waals surface area contributed by atoms with E-state index >= 15 is 0 Å². The fourth-order valence-electron chi connectivity index (χ4n) is 1.37. The predicted octanol–water partition coefficient (Wildman–Crippen LogP) is 1.90. The van der Waals surface area contributed by atoms with Crippen LogP contribution >= 0.6 is 0 Å². The minimum absolute atomic E-state index is 0.590. The lowest BCUT2D eigenvalue weighted by Crippen LogP contribution is -2.23. The van der Waals surface area contributed by atoms with Gasteiger partial charge in [0.15, 0.2) is 0 Å². The van der Waals surface area contributed by atoms with Crippen LogP contribution < -0.4 is 10.6 Å². The second-order valence-corrected chi connectivity index (χ2v) is 3.02. The van der Waals surface area contributed by atoms with Crippen molar-refractivity contribution in [1.29, 1.82) is 0 Å².